The topological polar surface area (TPSA) is 58.6 Å². The summed E-state index contributed by atoms with van der Waals surface area (Å²) in [4.78, 5) is 25.1. The Hall–Kier alpha value is -1.33. The van der Waals surface area contributed by atoms with Gasteiger partial charge in [-0.3, -0.25) is 4.79 Å². The van der Waals surface area contributed by atoms with Gasteiger partial charge in [0.1, 0.15) is 17.8 Å². The number of hydrogen-bond donors (Lipinski definition) is 1. The van der Waals surface area contributed by atoms with Crippen molar-refractivity contribution in [1.29, 1.82) is 0 Å². The summed E-state index contributed by atoms with van der Waals surface area (Å²) in [6, 6.07) is -0.632. The van der Waals surface area contributed by atoms with Crippen LogP contribution < -0.4 is 5.32 Å². The summed E-state index contributed by atoms with van der Waals surface area (Å²) in [5.41, 5.74) is -0.606. The maximum atomic E-state index is 12.8. The number of hydrogen-bond acceptors (Lipinski definition) is 3. The molecule has 0 radical (unpaired) electrons. The van der Waals surface area contributed by atoms with Gasteiger partial charge in [-0.05, 0) is 27.2 Å². The van der Waals surface area contributed by atoms with E-state index in [1.54, 1.807) is 20.8 Å². The van der Waals surface area contributed by atoms with E-state index in [1.165, 1.54) is 4.90 Å². The monoisotopic (exact) mass is 274 g/mol. The maximum Gasteiger partial charge on any atom is 0.408 e. The van der Waals surface area contributed by atoms with E-state index in [1.807, 2.05) is 6.92 Å². The molecule has 1 aliphatic rings. The minimum atomic E-state index is -0.937. The molecule has 0 spiro atoms. The van der Waals surface area contributed by atoms with E-state index in [9.17, 15) is 14.0 Å². The summed E-state index contributed by atoms with van der Waals surface area (Å²) in [5, 5.41) is 2.56. The van der Waals surface area contributed by atoms with E-state index < -0.39 is 23.9 Å². The van der Waals surface area contributed by atoms with Crippen LogP contribution in [0.4, 0.5) is 9.18 Å². The molecule has 1 atom stereocenters. The summed E-state index contributed by atoms with van der Waals surface area (Å²) in [5.74, 6) is -0.235. The number of carbonyl (C=O) groups excluding carboxylic acids is 2. The van der Waals surface area contributed by atoms with Gasteiger partial charge in [0.2, 0.25) is 5.91 Å². The molecule has 1 rings (SSSR count). The number of nitrogens with zero attached hydrogens (tertiary/aromatic N) is 1. The fourth-order valence-electron chi connectivity index (χ4n) is 1.82. The number of carbonyl (C=O) groups is 2. The van der Waals surface area contributed by atoms with Crippen molar-refractivity contribution in [3.63, 3.8) is 0 Å². The second-order valence-electron chi connectivity index (χ2n) is 5.83. The molecule has 1 unspecified atom stereocenters. The van der Waals surface area contributed by atoms with Crippen LogP contribution in [0.3, 0.4) is 0 Å². The lowest BCUT2D eigenvalue weighted by Gasteiger charge is -2.37. The zero-order valence-electron chi connectivity index (χ0n) is 12.0. The fraction of sp³-hybridized carbons (Fsp3) is 0.846. The predicted octanol–water partition coefficient (Wildman–Crippen LogP) is 1.86. The molecule has 110 valence electrons. The quantitative estimate of drug-likeness (QED) is 0.851. The zero-order chi connectivity index (χ0) is 14.6. The standard InChI is InChI=1S/C13H23FN2O3/c1-5-6-10(11(17)16-7-9(14)8-16)15-12(18)19-13(2,3)4/h9-10H,5-8H2,1-4H3,(H,15,18). The van der Waals surface area contributed by atoms with Gasteiger partial charge in [0.15, 0.2) is 0 Å². The molecule has 1 saturated heterocycles. The van der Waals surface area contributed by atoms with E-state index in [-0.39, 0.29) is 19.0 Å². The second kappa shape index (κ2) is 6.21. The van der Waals surface area contributed by atoms with Crippen molar-refractivity contribution in [1.82, 2.24) is 10.2 Å². The normalized spacial score (nSPS) is 17.6. The maximum absolute atomic E-state index is 12.8. The number of ether oxygens (including phenoxy) is 1. The highest BCUT2D eigenvalue weighted by atomic mass is 19.1. The molecule has 1 aliphatic heterocycles. The van der Waals surface area contributed by atoms with Crippen molar-refractivity contribution in [2.24, 2.45) is 0 Å². The highest BCUT2D eigenvalue weighted by molar-refractivity contribution is 5.86. The van der Waals surface area contributed by atoms with Crippen molar-refractivity contribution in [2.75, 3.05) is 13.1 Å². The summed E-state index contributed by atoms with van der Waals surface area (Å²) in [7, 11) is 0. The van der Waals surface area contributed by atoms with Gasteiger partial charge in [0.05, 0.1) is 13.1 Å². The summed E-state index contributed by atoms with van der Waals surface area (Å²) in [6.07, 6.45) is -0.283. The first-order valence-electron chi connectivity index (χ1n) is 6.65. The third-order valence-corrected chi connectivity index (χ3v) is 2.72. The molecule has 0 bridgehead atoms. The number of amides is 2. The first kappa shape index (κ1) is 15.7. The van der Waals surface area contributed by atoms with Crippen molar-refractivity contribution in [2.45, 2.75) is 58.4 Å². The third kappa shape index (κ3) is 5.04. The average Bonchev–Trinajstić information content (AvgIpc) is 2.20. The minimum absolute atomic E-state index is 0.120. The summed E-state index contributed by atoms with van der Waals surface area (Å²) in [6.45, 7) is 7.43. The lowest BCUT2D eigenvalue weighted by atomic mass is 10.1. The van der Waals surface area contributed by atoms with E-state index in [0.29, 0.717) is 6.42 Å². The molecule has 2 amide bonds. The molecule has 1 fully saturated rings. The van der Waals surface area contributed by atoms with Crippen LogP contribution in [0.5, 0.6) is 0 Å². The Morgan fingerprint density at radius 1 is 1.42 bits per heavy atom. The first-order chi connectivity index (χ1) is 8.73. The average molecular weight is 274 g/mol. The van der Waals surface area contributed by atoms with Gasteiger partial charge in [-0.1, -0.05) is 13.3 Å². The summed E-state index contributed by atoms with van der Waals surface area (Å²) < 4.78 is 17.9. The van der Waals surface area contributed by atoms with E-state index in [4.69, 9.17) is 4.74 Å². The van der Waals surface area contributed by atoms with Crippen LogP contribution in [0.2, 0.25) is 0 Å². The number of alkyl halides is 1. The van der Waals surface area contributed by atoms with Gasteiger partial charge in [0, 0.05) is 0 Å². The Morgan fingerprint density at radius 3 is 2.42 bits per heavy atom. The molecule has 1 N–H and O–H groups in total. The second-order valence-corrected chi connectivity index (χ2v) is 5.83. The lowest BCUT2D eigenvalue weighted by Crippen LogP contribution is -2.58. The number of rotatable bonds is 4. The van der Waals surface area contributed by atoms with Gasteiger partial charge < -0.3 is 15.0 Å². The Kier molecular flexibility index (Phi) is 5.14. The lowest BCUT2D eigenvalue weighted by molar-refractivity contribution is -0.140. The smallest absolute Gasteiger partial charge is 0.408 e. The summed E-state index contributed by atoms with van der Waals surface area (Å²) >= 11 is 0. The highest BCUT2D eigenvalue weighted by Gasteiger charge is 2.35. The van der Waals surface area contributed by atoms with Crippen LogP contribution in [0.1, 0.15) is 40.5 Å². The molecule has 5 nitrogen and oxygen atoms in total. The van der Waals surface area contributed by atoms with E-state index in [2.05, 4.69) is 5.32 Å². The number of nitrogens with one attached hydrogen (secondary N) is 1. The van der Waals surface area contributed by atoms with Gasteiger partial charge in [0.25, 0.3) is 0 Å². The molecular weight excluding hydrogens is 251 g/mol. The van der Waals surface area contributed by atoms with Crippen molar-refractivity contribution in [3.8, 4) is 0 Å². The predicted molar refractivity (Wildman–Crippen MR) is 69.5 cm³/mol. The van der Waals surface area contributed by atoms with Crippen LogP contribution in [-0.4, -0.2) is 47.8 Å². The number of likely N-dealkylation sites (tertiary alicyclic amines) is 1. The molecule has 0 aromatic carbocycles. The Balaban J connectivity index is 2.52. The molecule has 0 aliphatic carbocycles. The fourth-order valence-corrected chi connectivity index (χ4v) is 1.82. The van der Waals surface area contributed by atoms with Gasteiger partial charge in [-0.15, -0.1) is 0 Å². The Labute approximate surface area is 113 Å². The molecule has 6 heteroatoms. The molecular formula is C13H23FN2O3. The molecule has 0 saturated carbocycles. The zero-order valence-corrected chi connectivity index (χ0v) is 12.0. The van der Waals surface area contributed by atoms with Gasteiger partial charge in [-0.2, -0.15) is 0 Å². The minimum Gasteiger partial charge on any atom is -0.444 e. The largest absolute Gasteiger partial charge is 0.444 e. The van der Waals surface area contributed by atoms with Crippen LogP contribution in [0.15, 0.2) is 0 Å². The molecule has 19 heavy (non-hydrogen) atoms. The Bertz CT molecular complexity index is 335. The van der Waals surface area contributed by atoms with Crippen LogP contribution in [0, 0.1) is 0 Å². The van der Waals surface area contributed by atoms with Crippen LogP contribution >= 0.6 is 0 Å². The van der Waals surface area contributed by atoms with E-state index >= 15 is 0 Å². The van der Waals surface area contributed by atoms with Gasteiger partial charge >= 0.3 is 6.09 Å². The molecule has 1 heterocycles. The van der Waals surface area contributed by atoms with Crippen molar-refractivity contribution in [3.05, 3.63) is 0 Å². The molecule has 0 aromatic heterocycles. The van der Waals surface area contributed by atoms with Crippen molar-refractivity contribution >= 4 is 12.0 Å². The number of alkyl carbamates (subject to hydrolysis) is 1. The van der Waals surface area contributed by atoms with Gasteiger partial charge in [-0.25, -0.2) is 9.18 Å². The third-order valence-electron chi connectivity index (χ3n) is 2.72. The van der Waals surface area contributed by atoms with E-state index in [0.717, 1.165) is 6.42 Å². The van der Waals surface area contributed by atoms with Crippen LogP contribution in [0.25, 0.3) is 0 Å². The first-order valence-corrected chi connectivity index (χ1v) is 6.65. The van der Waals surface area contributed by atoms with Crippen LogP contribution in [-0.2, 0) is 9.53 Å². The number of halogens is 1. The molecule has 0 aromatic rings. The van der Waals surface area contributed by atoms with Crippen molar-refractivity contribution < 1.29 is 18.7 Å². The SMILES string of the molecule is CCCC(NC(=O)OC(C)(C)C)C(=O)N1CC(F)C1. The Morgan fingerprint density at radius 2 is 2.00 bits per heavy atom. The highest BCUT2D eigenvalue weighted by Crippen LogP contribution is 2.15.